The van der Waals surface area contributed by atoms with Crippen molar-refractivity contribution in [1.29, 1.82) is 0 Å². The number of likely N-dealkylation sites (tertiary alicyclic amines) is 1. The first-order chi connectivity index (χ1) is 14.6. The minimum absolute atomic E-state index is 0.339. The van der Waals surface area contributed by atoms with E-state index in [1.165, 1.54) is 23.8 Å². The van der Waals surface area contributed by atoms with Gasteiger partial charge in [0, 0.05) is 43.6 Å². The van der Waals surface area contributed by atoms with E-state index in [-0.39, 0.29) is 5.82 Å². The molecule has 2 aromatic heterocycles. The lowest BCUT2D eigenvalue weighted by atomic mass is 10.0. The average Bonchev–Trinajstić information content (AvgIpc) is 3.29. The van der Waals surface area contributed by atoms with Gasteiger partial charge in [-0.05, 0) is 72.7 Å². The van der Waals surface area contributed by atoms with Crippen molar-refractivity contribution in [2.45, 2.75) is 25.4 Å². The Balaban J connectivity index is 1.17. The van der Waals surface area contributed by atoms with E-state index >= 15 is 0 Å². The molecule has 0 radical (unpaired) electrons. The lowest BCUT2D eigenvalue weighted by Gasteiger charge is -2.19. The molecule has 5 rings (SSSR count). The summed E-state index contributed by atoms with van der Waals surface area (Å²) >= 11 is 6.17. The largest absolute Gasteiger partial charge is 0.366 e. The zero-order valence-corrected chi connectivity index (χ0v) is 17.3. The number of aromatic nitrogens is 3. The standard InChI is InChI=1S/C23H23ClFN5/c24-21-2-1-18(25)11-20(21)22-3-4-23(29-28-22)27-19-9-16-13-30(14-17(16)10-19)12-15-5-7-26-8-6-15/h1-8,11,16-17,19H,9-10,12-14H2,(H,27,29). The van der Waals surface area contributed by atoms with Crippen LogP contribution in [0.3, 0.4) is 0 Å². The van der Waals surface area contributed by atoms with Gasteiger partial charge >= 0.3 is 0 Å². The first-order valence-corrected chi connectivity index (χ1v) is 10.7. The van der Waals surface area contributed by atoms with Crippen LogP contribution >= 0.6 is 11.6 Å². The van der Waals surface area contributed by atoms with Crippen LogP contribution in [0.1, 0.15) is 18.4 Å². The van der Waals surface area contributed by atoms with E-state index < -0.39 is 0 Å². The highest BCUT2D eigenvalue weighted by Crippen LogP contribution is 2.39. The Morgan fingerprint density at radius 1 is 1.00 bits per heavy atom. The van der Waals surface area contributed by atoms with Gasteiger partial charge in [0.2, 0.25) is 0 Å². The molecule has 3 aromatic rings. The van der Waals surface area contributed by atoms with Crippen molar-refractivity contribution in [1.82, 2.24) is 20.1 Å². The zero-order valence-electron chi connectivity index (χ0n) is 16.5. The predicted octanol–water partition coefficient (Wildman–Crippen LogP) is 4.65. The van der Waals surface area contributed by atoms with Crippen molar-refractivity contribution < 1.29 is 4.39 Å². The normalized spacial score (nSPS) is 23.5. The Kier molecular flexibility index (Phi) is 5.35. The van der Waals surface area contributed by atoms with Crippen LogP contribution in [0.15, 0.2) is 54.9 Å². The van der Waals surface area contributed by atoms with Gasteiger partial charge in [-0.2, -0.15) is 0 Å². The minimum atomic E-state index is -0.339. The first kappa shape index (κ1) is 19.4. The summed E-state index contributed by atoms with van der Waals surface area (Å²) < 4.78 is 13.5. The molecule has 30 heavy (non-hydrogen) atoms. The molecule has 154 valence electrons. The van der Waals surface area contributed by atoms with Crippen LogP contribution < -0.4 is 5.32 Å². The molecule has 1 saturated carbocycles. The second-order valence-electron chi connectivity index (χ2n) is 8.31. The molecular weight excluding hydrogens is 401 g/mol. The monoisotopic (exact) mass is 423 g/mol. The fraction of sp³-hybridized carbons (Fsp3) is 0.348. The van der Waals surface area contributed by atoms with E-state index in [0.717, 1.165) is 50.1 Å². The summed E-state index contributed by atoms with van der Waals surface area (Å²) in [6, 6.07) is 12.6. The summed E-state index contributed by atoms with van der Waals surface area (Å²) in [6.07, 6.45) is 6.02. The number of nitrogens with one attached hydrogen (secondary N) is 1. The molecule has 3 heterocycles. The molecule has 1 aliphatic carbocycles. The van der Waals surface area contributed by atoms with Gasteiger partial charge in [0.1, 0.15) is 11.6 Å². The predicted molar refractivity (Wildman–Crippen MR) is 116 cm³/mol. The molecule has 1 aliphatic heterocycles. The third-order valence-electron chi connectivity index (χ3n) is 6.20. The number of fused-ring (bicyclic) bond motifs is 1. The Hall–Kier alpha value is -2.57. The molecule has 2 aliphatic rings. The maximum atomic E-state index is 13.5. The van der Waals surface area contributed by atoms with E-state index in [1.807, 2.05) is 24.5 Å². The molecule has 1 saturated heterocycles. The Morgan fingerprint density at radius 3 is 2.47 bits per heavy atom. The summed E-state index contributed by atoms with van der Waals surface area (Å²) in [5.41, 5.74) is 2.45. The maximum Gasteiger partial charge on any atom is 0.148 e. The molecule has 0 spiro atoms. The quantitative estimate of drug-likeness (QED) is 0.647. The summed E-state index contributed by atoms with van der Waals surface area (Å²) in [6.45, 7) is 3.30. The Morgan fingerprint density at radius 2 is 1.77 bits per heavy atom. The summed E-state index contributed by atoms with van der Waals surface area (Å²) in [4.78, 5) is 6.65. The van der Waals surface area contributed by atoms with Gasteiger partial charge in [-0.15, -0.1) is 10.2 Å². The van der Waals surface area contributed by atoms with Crippen LogP contribution in [0, 0.1) is 17.7 Å². The third kappa shape index (κ3) is 4.16. The number of benzene rings is 1. The summed E-state index contributed by atoms with van der Waals surface area (Å²) in [7, 11) is 0. The van der Waals surface area contributed by atoms with E-state index in [9.17, 15) is 4.39 Å². The van der Waals surface area contributed by atoms with Crippen molar-refractivity contribution in [3.63, 3.8) is 0 Å². The second-order valence-corrected chi connectivity index (χ2v) is 8.72. The molecule has 5 nitrogen and oxygen atoms in total. The van der Waals surface area contributed by atoms with Crippen LogP contribution in [0.4, 0.5) is 10.2 Å². The Bertz CT molecular complexity index is 1000. The smallest absolute Gasteiger partial charge is 0.148 e. The molecule has 2 atom stereocenters. The summed E-state index contributed by atoms with van der Waals surface area (Å²) in [5.74, 6) is 1.86. The van der Waals surface area contributed by atoms with Gasteiger partial charge in [0.05, 0.1) is 10.7 Å². The lowest BCUT2D eigenvalue weighted by Crippen LogP contribution is -2.25. The number of nitrogens with zero attached hydrogens (tertiary/aromatic N) is 4. The fourth-order valence-electron chi connectivity index (χ4n) is 4.85. The van der Waals surface area contributed by atoms with Crippen LogP contribution in [-0.4, -0.2) is 39.2 Å². The zero-order chi connectivity index (χ0) is 20.5. The molecule has 2 unspecified atom stereocenters. The van der Waals surface area contributed by atoms with Gasteiger partial charge in [-0.3, -0.25) is 9.88 Å². The first-order valence-electron chi connectivity index (χ1n) is 10.3. The van der Waals surface area contributed by atoms with Crippen molar-refractivity contribution >= 4 is 17.4 Å². The number of hydrogen-bond acceptors (Lipinski definition) is 5. The van der Waals surface area contributed by atoms with Crippen molar-refractivity contribution in [3.05, 3.63) is 71.3 Å². The molecule has 2 fully saturated rings. The van der Waals surface area contributed by atoms with Gasteiger partial charge < -0.3 is 5.32 Å². The van der Waals surface area contributed by atoms with Crippen LogP contribution in [0.5, 0.6) is 0 Å². The molecular formula is C23H23ClFN5. The van der Waals surface area contributed by atoms with Gasteiger partial charge in [-0.1, -0.05) is 11.6 Å². The number of halogens is 2. The highest BCUT2D eigenvalue weighted by Gasteiger charge is 2.40. The average molecular weight is 424 g/mol. The maximum absolute atomic E-state index is 13.5. The molecule has 1 aromatic carbocycles. The third-order valence-corrected chi connectivity index (χ3v) is 6.53. The summed E-state index contributed by atoms with van der Waals surface area (Å²) in [5, 5.41) is 12.5. The van der Waals surface area contributed by atoms with Crippen molar-refractivity contribution in [2.75, 3.05) is 18.4 Å². The van der Waals surface area contributed by atoms with E-state index in [1.54, 1.807) is 0 Å². The molecule has 0 bridgehead atoms. The van der Waals surface area contributed by atoms with E-state index in [4.69, 9.17) is 11.6 Å². The number of rotatable bonds is 5. The second kappa shape index (κ2) is 8.28. The van der Waals surface area contributed by atoms with Crippen molar-refractivity contribution in [2.24, 2.45) is 11.8 Å². The van der Waals surface area contributed by atoms with Crippen LogP contribution in [0.25, 0.3) is 11.3 Å². The highest BCUT2D eigenvalue weighted by molar-refractivity contribution is 6.33. The highest BCUT2D eigenvalue weighted by atomic mass is 35.5. The van der Waals surface area contributed by atoms with Gasteiger partial charge in [0.15, 0.2) is 0 Å². The van der Waals surface area contributed by atoms with Crippen LogP contribution in [0.2, 0.25) is 5.02 Å². The lowest BCUT2D eigenvalue weighted by molar-refractivity contribution is 0.301. The molecule has 1 N–H and O–H groups in total. The molecule has 0 amide bonds. The number of anilines is 1. The topological polar surface area (TPSA) is 53.9 Å². The Labute approximate surface area is 180 Å². The van der Waals surface area contributed by atoms with Crippen LogP contribution in [-0.2, 0) is 6.54 Å². The van der Waals surface area contributed by atoms with Crippen molar-refractivity contribution in [3.8, 4) is 11.3 Å². The van der Waals surface area contributed by atoms with E-state index in [0.29, 0.717) is 22.3 Å². The molecule has 7 heteroatoms. The van der Waals surface area contributed by atoms with Gasteiger partial charge in [0.25, 0.3) is 0 Å². The number of pyridine rings is 1. The van der Waals surface area contributed by atoms with Gasteiger partial charge in [-0.25, -0.2) is 4.39 Å². The fourth-order valence-corrected chi connectivity index (χ4v) is 5.06. The minimum Gasteiger partial charge on any atom is -0.366 e. The SMILES string of the molecule is Fc1ccc(Cl)c(-c2ccc(NC3CC4CN(Cc5ccncc5)CC4C3)nn2)c1. The van der Waals surface area contributed by atoms with E-state index in [2.05, 4.69) is 37.5 Å². The number of hydrogen-bond donors (Lipinski definition) is 1.